The lowest BCUT2D eigenvalue weighted by Crippen LogP contribution is -2.11. The minimum absolute atomic E-state index is 0.0745. The topological polar surface area (TPSA) is 29.1 Å². The Bertz CT molecular complexity index is 366. The Kier molecular flexibility index (Phi) is 6.06. The normalized spacial score (nSPS) is 10.2. The van der Waals surface area contributed by atoms with Crippen LogP contribution in [0.1, 0.15) is 24.8 Å². The number of unbranched alkanes of at least 4 members (excludes halogenated alkanes) is 1. The SMILES string of the molecule is Cc1ccc(NC(=O)CCCCBr)c(Br)c1. The van der Waals surface area contributed by atoms with Crippen molar-refractivity contribution in [2.75, 3.05) is 10.6 Å². The number of aryl methyl sites for hydroxylation is 1. The minimum atomic E-state index is 0.0745. The first kappa shape index (κ1) is 13.7. The second-order valence-corrected chi connectivity index (χ2v) is 5.32. The summed E-state index contributed by atoms with van der Waals surface area (Å²) in [5, 5.41) is 3.85. The Balaban J connectivity index is 2.49. The predicted molar refractivity (Wildman–Crippen MR) is 75.2 cm³/mol. The van der Waals surface area contributed by atoms with Gasteiger partial charge >= 0.3 is 0 Å². The van der Waals surface area contributed by atoms with Crippen molar-refractivity contribution in [3.05, 3.63) is 28.2 Å². The molecule has 0 aliphatic rings. The molecule has 0 spiro atoms. The van der Waals surface area contributed by atoms with Crippen molar-refractivity contribution in [2.24, 2.45) is 0 Å². The number of benzene rings is 1. The van der Waals surface area contributed by atoms with Crippen LogP contribution in [0.25, 0.3) is 0 Å². The maximum atomic E-state index is 11.6. The van der Waals surface area contributed by atoms with E-state index in [1.54, 1.807) is 0 Å². The number of anilines is 1. The molecule has 1 aromatic carbocycles. The molecule has 4 heteroatoms. The molecule has 2 nitrogen and oxygen atoms in total. The summed E-state index contributed by atoms with van der Waals surface area (Å²) in [6, 6.07) is 5.90. The van der Waals surface area contributed by atoms with Crippen molar-refractivity contribution in [1.82, 2.24) is 0 Å². The fraction of sp³-hybridized carbons (Fsp3) is 0.417. The van der Waals surface area contributed by atoms with Gasteiger partial charge < -0.3 is 5.32 Å². The minimum Gasteiger partial charge on any atom is -0.325 e. The highest BCUT2D eigenvalue weighted by Crippen LogP contribution is 2.23. The number of halogens is 2. The average molecular weight is 349 g/mol. The number of rotatable bonds is 5. The molecule has 88 valence electrons. The zero-order chi connectivity index (χ0) is 12.0. The molecular formula is C12H15Br2NO. The Morgan fingerprint density at radius 1 is 1.38 bits per heavy atom. The van der Waals surface area contributed by atoms with E-state index in [-0.39, 0.29) is 5.91 Å². The first-order chi connectivity index (χ1) is 7.63. The summed E-state index contributed by atoms with van der Waals surface area (Å²) in [6.07, 6.45) is 2.52. The van der Waals surface area contributed by atoms with Gasteiger partial charge in [-0.15, -0.1) is 0 Å². The van der Waals surface area contributed by atoms with E-state index < -0.39 is 0 Å². The first-order valence-electron chi connectivity index (χ1n) is 5.25. The summed E-state index contributed by atoms with van der Waals surface area (Å²) in [5.41, 5.74) is 2.01. The summed E-state index contributed by atoms with van der Waals surface area (Å²) in [7, 11) is 0. The molecule has 0 saturated heterocycles. The molecule has 0 heterocycles. The molecule has 0 saturated carbocycles. The third-order valence-corrected chi connectivity index (χ3v) is 3.40. The second kappa shape index (κ2) is 7.07. The number of carbonyl (C=O) groups is 1. The van der Waals surface area contributed by atoms with Crippen LogP contribution in [-0.4, -0.2) is 11.2 Å². The Labute approximate surface area is 113 Å². The smallest absolute Gasteiger partial charge is 0.224 e. The van der Waals surface area contributed by atoms with Gasteiger partial charge in [0.1, 0.15) is 0 Å². The van der Waals surface area contributed by atoms with Crippen LogP contribution in [0.2, 0.25) is 0 Å². The fourth-order valence-electron chi connectivity index (χ4n) is 1.31. The monoisotopic (exact) mass is 347 g/mol. The number of nitrogens with one attached hydrogen (secondary N) is 1. The molecule has 0 unspecified atom stereocenters. The molecule has 1 rings (SSSR count). The maximum Gasteiger partial charge on any atom is 0.224 e. The summed E-state index contributed by atoms with van der Waals surface area (Å²) in [6.45, 7) is 2.02. The second-order valence-electron chi connectivity index (χ2n) is 3.68. The highest BCUT2D eigenvalue weighted by Gasteiger charge is 2.05. The van der Waals surface area contributed by atoms with Gasteiger partial charge in [0.2, 0.25) is 5.91 Å². The molecule has 0 radical (unpaired) electrons. The van der Waals surface area contributed by atoms with Gasteiger partial charge in [0, 0.05) is 16.2 Å². The number of carbonyl (C=O) groups excluding carboxylic acids is 1. The Hall–Kier alpha value is -0.350. The molecule has 0 bridgehead atoms. The van der Waals surface area contributed by atoms with Crippen molar-refractivity contribution in [1.29, 1.82) is 0 Å². The highest BCUT2D eigenvalue weighted by atomic mass is 79.9. The molecule has 0 fully saturated rings. The van der Waals surface area contributed by atoms with E-state index in [9.17, 15) is 4.79 Å². The molecule has 16 heavy (non-hydrogen) atoms. The quantitative estimate of drug-likeness (QED) is 0.625. The van der Waals surface area contributed by atoms with E-state index in [0.29, 0.717) is 6.42 Å². The lowest BCUT2D eigenvalue weighted by atomic mass is 10.2. The van der Waals surface area contributed by atoms with Crippen LogP contribution in [0.3, 0.4) is 0 Å². The van der Waals surface area contributed by atoms with Gasteiger partial charge in [-0.25, -0.2) is 0 Å². The molecule has 0 aromatic heterocycles. The van der Waals surface area contributed by atoms with E-state index in [4.69, 9.17) is 0 Å². The zero-order valence-corrected chi connectivity index (χ0v) is 12.4. The van der Waals surface area contributed by atoms with Crippen molar-refractivity contribution in [3.8, 4) is 0 Å². The molecule has 1 aromatic rings. The summed E-state index contributed by atoms with van der Waals surface area (Å²) >= 11 is 6.78. The van der Waals surface area contributed by atoms with Crippen LogP contribution in [-0.2, 0) is 4.79 Å². The van der Waals surface area contributed by atoms with Crippen LogP contribution in [0, 0.1) is 6.92 Å². The summed E-state index contributed by atoms with van der Waals surface area (Å²) < 4.78 is 0.932. The lowest BCUT2D eigenvalue weighted by Gasteiger charge is -2.07. The maximum absolute atomic E-state index is 11.6. The third kappa shape index (κ3) is 4.66. The van der Waals surface area contributed by atoms with E-state index >= 15 is 0 Å². The number of hydrogen-bond acceptors (Lipinski definition) is 1. The van der Waals surface area contributed by atoms with E-state index in [0.717, 1.165) is 28.3 Å². The third-order valence-electron chi connectivity index (χ3n) is 2.19. The van der Waals surface area contributed by atoms with E-state index in [2.05, 4.69) is 37.2 Å². The van der Waals surface area contributed by atoms with Crippen molar-refractivity contribution in [3.63, 3.8) is 0 Å². The zero-order valence-electron chi connectivity index (χ0n) is 9.22. The standard InChI is InChI=1S/C12H15Br2NO/c1-9-5-6-11(10(14)8-9)15-12(16)4-2-3-7-13/h5-6,8H,2-4,7H2,1H3,(H,15,16). The van der Waals surface area contributed by atoms with Crippen molar-refractivity contribution < 1.29 is 4.79 Å². The Morgan fingerprint density at radius 3 is 2.75 bits per heavy atom. The molecule has 1 N–H and O–H groups in total. The summed E-state index contributed by atoms with van der Waals surface area (Å²) in [5.74, 6) is 0.0745. The van der Waals surface area contributed by atoms with Crippen LogP contribution in [0.5, 0.6) is 0 Å². The van der Waals surface area contributed by atoms with Gasteiger partial charge in [-0.3, -0.25) is 4.79 Å². The molecule has 1 amide bonds. The van der Waals surface area contributed by atoms with Crippen molar-refractivity contribution in [2.45, 2.75) is 26.2 Å². The lowest BCUT2D eigenvalue weighted by molar-refractivity contribution is -0.116. The van der Waals surface area contributed by atoms with Crippen LogP contribution in [0.15, 0.2) is 22.7 Å². The van der Waals surface area contributed by atoms with Crippen LogP contribution in [0.4, 0.5) is 5.69 Å². The van der Waals surface area contributed by atoms with Gasteiger partial charge in [0.05, 0.1) is 5.69 Å². The molecule has 0 atom stereocenters. The number of alkyl halides is 1. The molecular weight excluding hydrogens is 334 g/mol. The van der Waals surface area contributed by atoms with E-state index in [1.165, 1.54) is 5.56 Å². The van der Waals surface area contributed by atoms with E-state index in [1.807, 2.05) is 25.1 Å². The van der Waals surface area contributed by atoms with Gasteiger partial charge in [0.25, 0.3) is 0 Å². The van der Waals surface area contributed by atoms with Gasteiger partial charge in [-0.1, -0.05) is 22.0 Å². The summed E-state index contributed by atoms with van der Waals surface area (Å²) in [4.78, 5) is 11.6. The van der Waals surface area contributed by atoms with Crippen LogP contribution < -0.4 is 5.32 Å². The largest absolute Gasteiger partial charge is 0.325 e. The molecule has 0 aliphatic carbocycles. The Morgan fingerprint density at radius 2 is 2.12 bits per heavy atom. The van der Waals surface area contributed by atoms with Gasteiger partial charge in [-0.2, -0.15) is 0 Å². The van der Waals surface area contributed by atoms with Gasteiger partial charge in [-0.05, 0) is 53.4 Å². The fourth-order valence-corrected chi connectivity index (χ4v) is 2.30. The average Bonchev–Trinajstić information content (AvgIpc) is 2.23. The van der Waals surface area contributed by atoms with Crippen molar-refractivity contribution >= 4 is 43.5 Å². The number of hydrogen-bond donors (Lipinski definition) is 1. The first-order valence-corrected chi connectivity index (χ1v) is 7.17. The van der Waals surface area contributed by atoms with Gasteiger partial charge in [0.15, 0.2) is 0 Å². The van der Waals surface area contributed by atoms with Crippen LogP contribution >= 0.6 is 31.9 Å². The highest BCUT2D eigenvalue weighted by molar-refractivity contribution is 9.10. The number of amides is 1. The predicted octanol–water partition coefficient (Wildman–Crippen LogP) is 4.26. The molecule has 0 aliphatic heterocycles.